The standard InChI is InChI=1S/C16H25NS/c17-13-16(18-14-7-3-1-4-8-14)11-15(12-16)9-5-2-6-10-15/h14H,1-12H2. The average Bonchev–Trinajstić information content (AvgIpc) is 2.39. The highest BCUT2D eigenvalue weighted by molar-refractivity contribution is 8.01. The van der Waals surface area contributed by atoms with Gasteiger partial charge in [-0.1, -0.05) is 38.5 Å². The average molecular weight is 263 g/mol. The molecule has 0 heterocycles. The molecule has 0 aromatic carbocycles. The van der Waals surface area contributed by atoms with Crippen LogP contribution in [0.1, 0.15) is 77.0 Å². The first kappa shape index (κ1) is 12.9. The molecule has 3 aliphatic rings. The highest BCUT2D eigenvalue weighted by Crippen LogP contribution is 2.62. The molecule has 0 unspecified atom stereocenters. The predicted molar refractivity (Wildman–Crippen MR) is 77.6 cm³/mol. The van der Waals surface area contributed by atoms with Crippen LogP contribution in [0.5, 0.6) is 0 Å². The highest BCUT2D eigenvalue weighted by atomic mass is 32.2. The van der Waals surface area contributed by atoms with Crippen LogP contribution in [-0.4, -0.2) is 10.00 Å². The Hall–Kier alpha value is -0.160. The molecule has 3 rings (SSSR count). The van der Waals surface area contributed by atoms with E-state index in [9.17, 15) is 5.26 Å². The maximum Gasteiger partial charge on any atom is 0.104 e. The molecule has 0 saturated heterocycles. The maximum absolute atomic E-state index is 9.61. The van der Waals surface area contributed by atoms with Gasteiger partial charge >= 0.3 is 0 Å². The molecule has 0 bridgehead atoms. The SMILES string of the molecule is N#CC1(SC2CCCCC2)CC2(CCCCC2)C1. The molecular weight excluding hydrogens is 238 g/mol. The fourth-order valence-electron chi connectivity index (χ4n) is 4.51. The van der Waals surface area contributed by atoms with Gasteiger partial charge in [0.25, 0.3) is 0 Å². The summed E-state index contributed by atoms with van der Waals surface area (Å²) in [5, 5.41) is 10.4. The minimum absolute atomic E-state index is 0.0132. The monoisotopic (exact) mass is 263 g/mol. The summed E-state index contributed by atoms with van der Waals surface area (Å²) in [7, 11) is 0. The molecular formula is C16H25NS. The second kappa shape index (κ2) is 5.08. The van der Waals surface area contributed by atoms with Gasteiger partial charge in [-0.05, 0) is 43.9 Å². The van der Waals surface area contributed by atoms with Crippen molar-refractivity contribution in [2.45, 2.75) is 87.0 Å². The zero-order valence-corrected chi connectivity index (χ0v) is 12.2. The van der Waals surface area contributed by atoms with Gasteiger partial charge in [0.1, 0.15) is 4.75 Å². The summed E-state index contributed by atoms with van der Waals surface area (Å²) in [5.74, 6) is 0. The lowest BCUT2D eigenvalue weighted by Crippen LogP contribution is -2.50. The van der Waals surface area contributed by atoms with E-state index in [1.165, 1.54) is 77.0 Å². The van der Waals surface area contributed by atoms with E-state index >= 15 is 0 Å². The first-order chi connectivity index (χ1) is 8.76. The molecule has 1 nitrogen and oxygen atoms in total. The van der Waals surface area contributed by atoms with Crippen molar-refractivity contribution in [3.63, 3.8) is 0 Å². The zero-order valence-electron chi connectivity index (χ0n) is 11.4. The van der Waals surface area contributed by atoms with Crippen molar-refractivity contribution in [3.8, 4) is 6.07 Å². The molecule has 0 aliphatic heterocycles. The zero-order chi connectivity index (χ0) is 12.5. The van der Waals surface area contributed by atoms with Crippen LogP contribution in [0.2, 0.25) is 0 Å². The molecule has 0 amide bonds. The lowest BCUT2D eigenvalue weighted by Gasteiger charge is -2.55. The fraction of sp³-hybridized carbons (Fsp3) is 0.938. The fourth-order valence-corrected chi connectivity index (χ4v) is 6.54. The normalized spacial score (nSPS) is 30.6. The number of hydrogen-bond acceptors (Lipinski definition) is 2. The number of rotatable bonds is 2. The van der Waals surface area contributed by atoms with E-state index in [-0.39, 0.29) is 4.75 Å². The maximum atomic E-state index is 9.61. The van der Waals surface area contributed by atoms with E-state index < -0.39 is 0 Å². The number of nitrogens with zero attached hydrogens (tertiary/aromatic N) is 1. The smallest absolute Gasteiger partial charge is 0.104 e. The van der Waals surface area contributed by atoms with Crippen molar-refractivity contribution in [2.24, 2.45) is 5.41 Å². The van der Waals surface area contributed by atoms with Crippen LogP contribution in [0.25, 0.3) is 0 Å². The number of thioether (sulfide) groups is 1. The second-order valence-corrected chi connectivity index (χ2v) is 8.58. The van der Waals surface area contributed by atoms with Gasteiger partial charge in [-0.2, -0.15) is 5.26 Å². The van der Waals surface area contributed by atoms with Gasteiger partial charge in [-0.3, -0.25) is 0 Å². The third-order valence-corrected chi connectivity index (χ3v) is 7.02. The van der Waals surface area contributed by atoms with E-state index in [1.807, 2.05) is 0 Å². The Morgan fingerprint density at radius 2 is 1.50 bits per heavy atom. The van der Waals surface area contributed by atoms with Crippen molar-refractivity contribution < 1.29 is 0 Å². The van der Waals surface area contributed by atoms with Gasteiger partial charge in [0, 0.05) is 5.25 Å². The predicted octanol–water partition coefficient (Wildman–Crippen LogP) is 5.06. The topological polar surface area (TPSA) is 23.8 Å². The first-order valence-corrected chi connectivity index (χ1v) is 8.73. The van der Waals surface area contributed by atoms with E-state index in [0.29, 0.717) is 5.41 Å². The van der Waals surface area contributed by atoms with Crippen LogP contribution in [-0.2, 0) is 0 Å². The quantitative estimate of drug-likeness (QED) is 0.695. The van der Waals surface area contributed by atoms with Crippen molar-refractivity contribution in [3.05, 3.63) is 0 Å². The van der Waals surface area contributed by atoms with Gasteiger partial charge in [-0.15, -0.1) is 11.8 Å². The largest absolute Gasteiger partial charge is 0.197 e. The van der Waals surface area contributed by atoms with Gasteiger partial charge in [-0.25, -0.2) is 0 Å². The summed E-state index contributed by atoms with van der Waals surface area (Å²) in [5.41, 5.74) is 0.593. The first-order valence-electron chi connectivity index (χ1n) is 7.85. The van der Waals surface area contributed by atoms with E-state index in [2.05, 4.69) is 17.8 Å². The van der Waals surface area contributed by atoms with E-state index in [1.54, 1.807) is 0 Å². The lowest BCUT2D eigenvalue weighted by molar-refractivity contribution is 0.0589. The van der Waals surface area contributed by atoms with Gasteiger partial charge < -0.3 is 0 Å². The molecule has 0 radical (unpaired) electrons. The van der Waals surface area contributed by atoms with Crippen LogP contribution in [0.15, 0.2) is 0 Å². The molecule has 0 N–H and O–H groups in total. The summed E-state index contributed by atoms with van der Waals surface area (Å²) in [6.45, 7) is 0. The molecule has 0 aromatic rings. The second-order valence-electron chi connectivity index (χ2n) is 6.90. The van der Waals surface area contributed by atoms with E-state index in [0.717, 1.165) is 5.25 Å². The van der Waals surface area contributed by atoms with Crippen LogP contribution in [0.3, 0.4) is 0 Å². The molecule has 2 heteroatoms. The Labute approximate surface area is 116 Å². The molecule has 3 saturated carbocycles. The van der Waals surface area contributed by atoms with Gasteiger partial charge in [0.05, 0.1) is 6.07 Å². The Balaban J connectivity index is 1.58. The summed E-state index contributed by atoms with van der Waals surface area (Å²) < 4.78 is 0.0132. The van der Waals surface area contributed by atoms with Crippen molar-refractivity contribution in [1.82, 2.24) is 0 Å². The van der Waals surface area contributed by atoms with Crippen molar-refractivity contribution in [2.75, 3.05) is 0 Å². The Bertz CT molecular complexity index is 318. The Morgan fingerprint density at radius 3 is 2.11 bits per heavy atom. The Kier molecular flexibility index (Phi) is 3.63. The molecule has 0 aromatic heterocycles. The number of hydrogen-bond donors (Lipinski definition) is 0. The summed E-state index contributed by atoms with van der Waals surface area (Å²) in [6.07, 6.45) is 16.4. The number of nitriles is 1. The molecule has 3 aliphatic carbocycles. The molecule has 18 heavy (non-hydrogen) atoms. The van der Waals surface area contributed by atoms with Crippen molar-refractivity contribution in [1.29, 1.82) is 5.26 Å². The molecule has 0 atom stereocenters. The minimum atomic E-state index is 0.0132. The molecule has 1 spiro atoms. The van der Waals surface area contributed by atoms with Crippen molar-refractivity contribution >= 4 is 11.8 Å². The van der Waals surface area contributed by atoms with Crippen LogP contribution >= 0.6 is 11.8 Å². The Morgan fingerprint density at radius 1 is 0.889 bits per heavy atom. The summed E-state index contributed by atoms with van der Waals surface area (Å²) in [6, 6.07) is 2.70. The van der Waals surface area contributed by atoms with Crippen LogP contribution in [0, 0.1) is 16.7 Å². The molecule has 100 valence electrons. The minimum Gasteiger partial charge on any atom is -0.197 e. The van der Waals surface area contributed by atoms with Gasteiger partial charge in [0.2, 0.25) is 0 Å². The summed E-state index contributed by atoms with van der Waals surface area (Å²) >= 11 is 2.06. The van der Waals surface area contributed by atoms with Gasteiger partial charge in [0.15, 0.2) is 0 Å². The summed E-state index contributed by atoms with van der Waals surface area (Å²) in [4.78, 5) is 0. The highest BCUT2D eigenvalue weighted by Gasteiger charge is 2.55. The van der Waals surface area contributed by atoms with E-state index in [4.69, 9.17) is 0 Å². The third-order valence-electron chi connectivity index (χ3n) is 5.38. The van der Waals surface area contributed by atoms with Crippen LogP contribution < -0.4 is 0 Å². The lowest BCUT2D eigenvalue weighted by atomic mass is 9.56. The van der Waals surface area contributed by atoms with Crippen LogP contribution in [0.4, 0.5) is 0 Å². The molecule has 3 fully saturated rings. The third kappa shape index (κ3) is 2.44.